The Hall–Kier alpha value is -1.06. The fourth-order valence-electron chi connectivity index (χ4n) is 2.42. The van der Waals surface area contributed by atoms with Gasteiger partial charge in [-0.15, -0.1) is 10.2 Å². The summed E-state index contributed by atoms with van der Waals surface area (Å²) in [5.41, 5.74) is 0. The SMILES string of the molecule is CC(C)NC(C#N)CCSc1nnc2n1CCCCC2. The summed E-state index contributed by atoms with van der Waals surface area (Å²) in [6.07, 6.45) is 5.60. The van der Waals surface area contributed by atoms with E-state index in [0.717, 1.165) is 36.1 Å². The van der Waals surface area contributed by atoms with Crippen LogP contribution in [-0.4, -0.2) is 32.6 Å². The Bertz CT molecular complexity index is 463. The third kappa shape index (κ3) is 4.22. The smallest absolute Gasteiger partial charge is 0.191 e. The Balaban J connectivity index is 1.85. The summed E-state index contributed by atoms with van der Waals surface area (Å²) in [5.74, 6) is 2.03. The van der Waals surface area contributed by atoms with Gasteiger partial charge in [-0.2, -0.15) is 5.26 Å². The van der Waals surface area contributed by atoms with E-state index in [0.29, 0.717) is 6.04 Å². The molecule has 1 atom stereocenters. The summed E-state index contributed by atoms with van der Waals surface area (Å²) in [6.45, 7) is 5.17. The van der Waals surface area contributed by atoms with Crippen LogP contribution in [0.2, 0.25) is 0 Å². The quantitative estimate of drug-likeness (QED) is 0.816. The summed E-state index contributed by atoms with van der Waals surface area (Å²) in [5, 5.41) is 22.0. The molecule has 110 valence electrons. The fraction of sp³-hybridized carbons (Fsp3) is 0.786. The van der Waals surface area contributed by atoms with Crippen molar-refractivity contribution in [3.63, 3.8) is 0 Å². The highest BCUT2D eigenvalue weighted by molar-refractivity contribution is 7.99. The number of nitriles is 1. The number of nitrogens with zero attached hydrogens (tertiary/aromatic N) is 4. The van der Waals surface area contributed by atoms with Crippen LogP contribution in [0.15, 0.2) is 5.16 Å². The second-order valence-corrected chi connectivity index (χ2v) is 6.56. The molecule has 0 amide bonds. The van der Waals surface area contributed by atoms with Crippen LogP contribution in [0.1, 0.15) is 45.4 Å². The van der Waals surface area contributed by atoms with Gasteiger partial charge in [-0.1, -0.05) is 18.2 Å². The minimum atomic E-state index is -0.0750. The van der Waals surface area contributed by atoms with Gasteiger partial charge in [0.05, 0.1) is 12.1 Å². The van der Waals surface area contributed by atoms with Gasteiger partial charge >= 0.3 is 0 Å². The number of aryl methyl sites for hydroxylation is 1. The molecule has 2 rings (SSSR count). The minimum absolute atomic E-state index is 0.0750. The van der Waals surface area contributed by atoms with Crippen LogP contribution in [0.3, 0.4) is 0 Å². The molecule has 5 nitrogen and oxygen atoms in total. The maximum Gasteiger partial charge on any atom is 0.191 e. The standard InChI is InChI=1S/C14H23N5S/c1-11(2)16-12(10-15)7-9-20-14-18-17-13-6-4-3-5-8-19(13)14/h11-12,16H,3-9H2,1-2H3. The first-order chi connectivity index (χ1) is 9.70. The summed E-state index contributed by atoms with van der Waals surface area (Å²) >= 11 is 1.72. The first kappa shape index (κ1) is 15.3. The number of hydrogen-bond acceptors (Lipinski definition) is 5. The molecule has 0 fully saturated rings. The Labute approximate surface area is 125 Å². The Morgan fingerprint density at radius 2 is 2.20 bits per heavy atom. The molecule has 1 aromatic heterocycles. The van der Waals surface area contributed by atoms with Gasteiger partial charge in [0.15, 0.2) is 5.16 Å². The predicted octanol–water partition coefficient (Wildman–Crippen LogP) is 2.38. The summed E-state index contributed by atoms with van der Waals surface area (Å²) < 4.78 is 2.26. The van der Waals surface area contributed by atoms with Crippen molar-refractivity contribution >= 4 is 11.8 Å². The van der Waals surface area contributed by atoms with E-state index < -0.39 is 0 Å². The molecule has 1 aliphatic rings. The molecule has 0 aliphatic carbocycles. The lowest BCUT2D eigenvalue weighted by Crippen LogP contribution is -2.33. The molecule has 0 aromatic carbocycles. The highest BCUT2D eigenvalue weighted by Crippen LogP contribution is 2.22. The molecule has 0 saturated carbocycles. The monoisotopic (exact) mass is 293 g/mol. The molecule has 1 aliphatic heterocycles. The van der Waals surface area contributed by atoms with Crippen molar-refractivity contribution in [3.8, 4) is 6.07 Å². The topological polar surface area (TPSA) is 66.5 Å². The third-order valence-corrected chi connectivity index (χ3v) is 4.40. The Kier molecular flexibility index (Phi) is 5.86. The van der Waals surface area contributed by atoms with Gasteiger partial charge in [0, 0.05) is 24.8 Å². The first-order valence-electron chi connectivity index (χ1n) is 7.41. The van der Waals surface area contributed by atoms with E-state index in [4.69, 9.17) is 5.26 Å². The van der Waals surface area contributed by atoms with Crippen LogP contribution in [-0.2, 0) is 13.0 Å². The van der Waals surface area contributed by atoms with Crippen molar-refractivity contribution in [2.45, 2.75) is 69.7 Å². The zero-order valence-corrected chi connectivity index (χ0v) is 13.1. The largest absolute Gasteiger partial charge is 0.306 e. The van der Waals surface area contributed by atoms with Crippen molar-refractivity contribution in [2.24, 2.45) is 0 Å². The minimum Gasteiger partial charge on any atom is -0.306 e. The zero-order chi connectivity index (χ0) is 14.4. The average Bonchev–Trinajstić information content (AvgIpc) is 2.66. The molecule has 1 aromatic rings. The molecule has 0 spiro atoms. The van der Waals surface area contributed by atoms with Crippen LogP contribution >= 0.6 is 11.8 Å². The van der Waals surface area contributed by atoms with E-state index in [1.165, 1.54) is 19.3 Å². The molecular weight excluding hydrogens is 270 g/mol. The van der Waals surface area contributed by atoms with Crippen molar-refractivity contribution in [2.75, 3.05) is 5.75 Å². The molecule has 2 heterocycles. The van der Waals surface area contributed by atoms with Crippen LogP contribution in [0.25, 0.3) is 0 Å². The van der Waals surface area contributed by atoms with Gasteiger partial charge < -0.3 is 4.57 Å². The molecular formula is C14H23N5S. The summed E-state index contributed by atoms with van der Waals surface area (Å²) in [6, 6.07) is 2.59. The van der Waals surface area contributed by atoms with Crippen molar-refractivity contribution in [1.82, 2.24) is 20.1 Å². The summed E-state index contributed by atoms with van der Waals surface area (Å²) in [7, 11) is 0. The third-order valence-electron chi connectivity index (χ3n) is 3.40. The lowest BCUT2D eigenvalue weighted by atomic mass is 10.2. The van der Waals surface area contributed by atoms with Crippen molar-refractivity contribution in [3.05, 3.63) is 5.82 Å². The molecule has 0 saturated heterocycles. The van der Waals surface area contributed by atoms with Crippen LogP contribution in [0.5, 0.6) is 0 Å². The molecule has 0 radical (unpaired) electrons. The number of thioether (sulfide) groups is 1. The number of rotatable bonds is 6. The summed E-state index contributed by atoms with van der Waals surface area (Å²) in [4.78, 5) is 0. The second kappa shape index (κ2) is 7.65. The predicted molar refractivity (Wildman–Crippen MR) is 80.6 cm³/mol. The lowest BCUT2D eigenvalue weighted by Gasteiger charge is -2.14. The Morgan fingerprint density at radius 3 is 2.95 bits per heavy atom. The average molecular weight is 293 g/mol. The number of fused-ring (bicyclic) bond motifs is 1. The molecule has 20 heavy (non-hydrogen) atoms. The Morgan fingerprint density at radius 1 is 1.35 bits per heavy atom. The van der Waals surface area contributed by atoms with Crippen molar-refractivity contribution < 1.29 is 0 Å². The maximum absolute atomic E-state index is 9.11. The van der Waals surface area contributed by atoms with E-state index in [1.807, 2.05) is 0 Å². The normalized spacial score (nSPS) is 16.5. The zero-order valence-electron chi connectivity index (χ0n) is 12.3. The van der Waals surface area contributed by atoms with E-state index >= 15 is 0 Å². The van der Waals surface area contributed by atoms with Gasteiger partial charge in [0.1, 0.15) is 5.82 Å². The number of nitrogens with one attached hydrogen (secondary N) is 1. The van der Waals surface area contributed by atoms with Gasteiger partial charge in [-0.25, -0.2) is 0 Å². The number of aromatic nitrogens is 3. The van der Waals surface area contributed by atoms with Crippen LogP contribution < -0.4 is 5.32 Å². The highest BCUT2D eigenvalue weighted by Gasteiger charge is 2.15. The molecule has 1 unspecified atom stereocenters. The molecule has 1 N–H and O–H groups in total. The van der Waals surface area contributed by atoms with Crippen LogP contribution in [0, 0.1) is 11.3 Å². The van der Waals surface area contributed by atoms with E-state index in [-0.39, 0.29) is 6.04 Å². The van der Waals surface area contributed by atoms with Gasteiger partial charge in [-0.3, -0.25) is 5.32 Å². The molecule has 6 heteroatoms. The van der Waals surface area contributed by atoms with E-state index in [9.17, 15) is 0 Å². The second-order valence-electron chi connectivity index (χ2n) is 5.50. The van der Waals surface area contributed by atoms with Gasteiger partial charge in [0.25, 0.3) is 0 Å². The lowest BCUT2D eigenvalue weighted by molar-refractivity contribution is 0.522. The molecule has 0 bridgehead atoms. The number of hydrogen-bond donors (Lipinski definition) is 1. The highest BCUT2D eigenvalue weighted by atomic mass is 32.2. The van der Waals surface area contributed by atoms with E-state index in [1.54, 1.807) is 11.8 Å². The van der Waals surface area contributed by atoms with Gasteiger partial charge in [-0.05, 0) is 33.1 Å². The van der Waals surface area contributed by atoms with Crippen molar-refractivity contribution in [1.29, 1.82) is 5.26 Å². The maximum atomic E-state index is 9.11. The van der Waals surface area contributed by atoms with Gasteiger partial charge in [0.2, 0.25) is 0 Å². The fourth-order valence-corrected chi connectivity index (χ4v) is 3.41. The first-order valence-corrected chi connectivity index (χ1v) is 8.40. The van der Waals surface area contributed by atoms with Crippen LogP contribution in [0.4, 0.5) is 0 Å². The van der Waals surface area contributed by atoms with E-state index in [2.05, 4.69) is 40.0 Å².